The minimum Gasteiger partial charge on any atom is -0.466 e. The zero-order valence-corrected chi connectivity index (χ0v) is 8.99. The summed E-state index contributed by atoms with van der Waals surface area (Å²) in [5.74, 6) is -1.23. The zero-order chi connectivity index (χ0) is 12.1. The monoisotopic (exact) mass is 222 g/mol. The predicted octanol–water partition coefficient (Wildman–Crippen LogP) is 2.21. The number of Topliss-reactive ketones (excluding diaryl/α,β-unsaturated/α-hetero) is 1. The van der Waals surface area contributed by atoms with Crippen molar-refractivity contribution in [3.63, 3.8) is 0 Å². The highest BCUT2D eigenvalue weighted by atomic mass is 19.1. The highest BCUT2D eigenvalue weighted by molar-refractivity contribution is 5.95. The van der Waals surface area contributed by atoms with E-state index in [1.807, 2.05) is 0 Å². The Bertz CT molecular complexity index is 450. The van der Waals surface area contributed by atoms with Gasteiger partial charge in [0.2, 0.25) is 0 Å². The molecule has 0 atom stereocenters. The van der Waals surface area contributed by atoms with Crippen LogP contribution in [0.4, 0.5) is 4.39 Å². The molecule has 0 N–H and O–H groups in total. The van der Waals surface area contributed by atoms with Crippen LogP contribution >= 0.6 is 0 Å². The van der Waals surface area contributed by atoms with Crippen molar-refractivity contribution in [2.75, 3.05) is 7.11 Å². The summed E-state index contributed by atoms with van der Waals surface area (Å²) in [5.41, 5.74) is 0.573. The molecule has 0 saturated heterocycles. The van der Waals surface area contributed by atoms with Crippen LogP contribution in [0.3, 0.4) is 0 Å². The standard InChI is InChI=1S/C12H11FO3/c1-8(14)9-3-5-11(13)10(7-9)4-6-12(15)16-2/h3-7H,1-2H3. The lowest BCUT2D eigenvalue weighted by molar-refractivity contribution is -0.134. The molecule has 0 saturated carbocycles. The van der Waals surface area contributed by atoms with E-state index in [1.54, 1.807) is 0 Å². The molecule has 0 aliphatic rings. The number of esters is 1. The molecule has 0 spiro atoms. The Balaban J connectivity index is 3.03. The van der Waals surface area contributed by atoms with Crippen molar-refractivity contribution in [2.24, 2.45) is 0 Å². The van der Waals surface area contributed by atoms with Gasteiger partial charge in [0.15, 0.2) is 5.78 Å². The van der Waals surface area contributed by atoms with Crippen LogP contribution in [-0.4, -0.2) is 18.9 Å². The molecule has 0 amide bonds. The average Bonchev–Trinajstić information content (AvgIpc) is 2.27. The van der Waals surface area contributed by atoms with Gasteiger partial charge in [-0.25, -0.2) is 9.18 Å². The van der Waals surface area contributed by atoms with E-state index in [2.05, 4.69) is 4.74 Å². The number of halogens is 1. The maximum Gasteiger partial charge on any atom is 0.330 e. The minimum absolute atomic E-state index is 0.160. The number of hydrogen-bond donors (Lipinski definition) is 0. The van der Waals surface area contributed by atoms with Crippen molar-refractivity contribution >= 4 is 17.8 Å². The minimum atomic E-state index is -0.576. The molecule has 0 unspecified atom stereocenters. The van der Waals surface area contributed by atoms with Crippen molar-refractivity contribution in [2.45, 2.75) is 6.92 Å². The first-order chi connectivity index (χ1) is 7.54. The normalized spacial score (nSPS) is 10.4. The van der Waals surface area contributed by atoms with E-state index in [0.717, 1.165) is 6.08 Å². The molecule has 0 heterocycles. The Morgan fingerprint density at radius 2 is 2.06 bits per heavy atom. The van der Waals surface area contributed by atoms with Gasteiger partial charge in [-0.2, -0.15) is 0 Å². The fourth-order valence-electron chi connectivity index (χ4n) is 1.12. The highest BCUT2D eigenvalue weighted by Gasteiger charge is 2.04. The number of carbonyl (C=O) groups is 2. The largest absolute Gasteiger partial charge is 0.466 e. The van der Waals surface area contributed by atoms with E-state index < -0.39 is 11.8 Å². The van der Waals surface area contributed by atoms with E-state index in [1.165, 1.54) is 38.3 Å². The summed E-state index contributed by atoms with van der Waals surface area (Å²) in [6.07, 6.45) is 2.37. The molecule has 1 aromatic rings. The topological polar surface area (TPSA) is 43.4 Å². The fourth-order valence-corrected chi connectivity index (χ4v) is 1.12. The molecule has 16 heavy (non-hydrogen) atoms. The van der Waals surface area contributed by atoms with Crippen LogP contribution in [0.15, 0.2) is 24.3 Å². The summed E-state index contributed by atoms with van der Waals surface area (Å²) < 4.78 is 17.6. The van der Waals surface area contributed by atoms with Crippen molar-refractivity contribution in [3.8, 4) is 0 Å². The second-order valence-corrected chi connectivity index (χ2v) is 3.15. The molecular formula is C12H11FO3. The van der Waals surface area contributed by atoms with E-state index in [9.17, 15) is 14.0 Å². The Labute approximate surface area is 92.5 Å². The van der Waals surface area contributed by atoms with Crippen LogP contribution in [0.5, 0.6) is 0 Å². The number of methoxy groups -OCH3 is 1. The molecule has 0 radical (unpaired) electrons. The number of hydrogen-bond acceptors (Lipinski definition) is 3. The summed E-state index contributed by atoms with van der Waals surface area (Å²) in [4.78, 5) is 21.9. The summed E-state index contributed by atoms with van der Waals surface area (Å²) >= 11 is 0. The van der Waals surface area contributed by atoms with Crippen LogP contribution in [0.1, 0.15) is 22.8 Å². The van der Waals surface area contributed by atoms with Crippen LogP contribution in [0.2, 0.25) is 0 Å². The van der Waals surface area contributed by atoms with Gasteiger partial charge in [-0.15, -0.1) is 0 Å². The number of ketones is 1. The molecule has 84 valence electrons. The van der Waals surface area contributed by atoms with Gasteiger partial charge < -0.3 is 4.74 Å². The number of carbonyl (C=O) groups excluding carboxylic acids is 2. The van der Waals surface area contributed by atoms with Gasteiger partial charge in [-0.05, 0) is 31.2 Å². The summed E-state index contributed by atoms with van der Waals surface area (Å²) in [6.45, 7) is 1.39. The molecule has 0 aromatic heterocycles. The molecule has 0 aliphatic carbocycles. The van der Waals surface area contributed by atoms with Gasteiger partial charge in [-0.3, -0.25) is 4.79 Å². The molecule has 0 aliphatic heterocycles. The Hall–Kier alpha value is -1.97. The average molecular weight is 222 g/mol. The molecule has 3 nitrogen and oxygen atoms in total. The van der Waals surface area contributed by atoms with Crippen molar-refractivity contribution < 1.29 is 18.7 Å². The first-order valence-corrected chi connectivity index (χ1v) is 4.61. The lowest BCUT2D eigenvalue weighted by Crippen LogP contribution is -1.96. The van der Waals surface area contributed by atoms with Gasteiger partial charge >= 0.3 is 5.97 Å². The van der Waals surface area contributed by atoms with Crippen LogP contribution < -0.4 is 0 Å². The maximum absolute atomic E-state index is 13.3. The number of benzene rings is 1. The third-order valence-electron chi connectivity index (χ3n) is 2.00. The van der Waals surface area contributed by atoms with E-state index in [4.69, 9.17) is 0 Å². The summed E-state index contributed by atoms with van der Waals surface area (Å²) in [7, 11) is 1.23. The molecule has 4 heteroatoms. The lowest BCUT2D eigenvalue weighted by Gasteiger charge is -2.00. The van der Waals surface area contributed by atoms with Gasteiger partial charge in [0.1, 0.15) is 5.82 Å². The van der Waals surface area contributed by atoms with Crippen LogP contribution in [0.25, 0.3) is 6.08 Å². The highest BCUT2D eigenvalue weighted by Crippen LogP contribution is 2.13. The van der Waals surface area contributed by atoms with Crippen LogP contribution in [0, 0.1) is 5.82 Å². The summed E-state index contributed by atoms with van der Waals surface area (Å²) in [5, 5.41) is 0. The lowest BCUT2D eigenvalue weighted by atomic mass is 10.1. The van der Waals surface area contributed by atoms with Crippen molar-refractivity contribution in [3.05, 3.63) is 41.2 Å². The van der Waals surface area contributed by atoms with Gasteiger partial charge in [0, 0.05) is 17.2 Å². The fraction of sp³-hybridized carbons (Fsp3) is 0.167. The van der Waals surface area contributed by atoms with E-state index in [-0.39, 0.29) is 11.3 Å². The van der Waals surface area contributed by atoms with Crippen molar-refractivity contribution in [1.82, 2.24) is 0 Å². The Morgan fingerprint density at radius 3 is 2.62 bits per heavy atom. The number of ether oxygens (including phenoxy) is 1. The first-order valence-electron chi connectivity index (χ1n) is 4.61. The molecule has 0 fully saturated rings. The Kier molecular flexibility index (Phi) is 3.94. The van der Waals surface area contributed by atoms with Gasteiger partial charge in [0.25, 0.3) is 0 Å². The molecular weight excluding hydrogens is 211 g/mol. The van der Waals surface area contributed by atoms with E-state index in [0.29, 0.717) is 5.56 Å². The second kappa shape index (κ2) is 5.21. The predicted molar refractivity (Wildman–Crippen MR) is 57.5 cm³/mol. The van der Waals surface area contributed by atoms with Crippen molar-refractivity contribution in [1.29, 1.82) is 0 Å². The third-order valence-corrected chi connectivity index (χ3v) is 2.00. The number of rotatable bonds is 3. The SMILES string of the molecule is COC(=O)C=Cc1cc(C(C)=O)ccc1F. The third kappa shape index (κ3) is 3.02. The van der Waals surface area contributed by atoms with Gasteiger partial charge in [-0.1, -0.05) is 0 Å². The summed E-state index contributed by atoms with van der Waals surface area (Å²) in [6, 6.07) is 3.97. The molecule has 1 rings (SSSR count). The molecule has 1 aromatic carbocycles. The maximum atomic E-state index is 13.3. The van der Waals surface area contributed by atoms with E-state index >= 15 is 0 Å². The second-order valence-electron chi connectivity index (χ2n) is 3.15. The smallest absolute Gasteiger partial charge is 0.330 e. The van der Waals surface area contributed by atoms with Crippen LogP contribution in [-0.2, 0) is 9.53 Å². The zero-order valence-electron chi connectivity index (χ0n) is 8.99. The Morgan fingerprint density at radius 1 is 1.38 bits per heavy atom. The first kappa shape index (κ1) is 12.1. The molecule has 0 bridgehead atoms. The van der Waals surface area contributed by atoms with Gasteiger partial charge in [0.05, 0.1) is 7.11 Å². The quantitative estimate of drug-likeness (QED) is 0.447.